The van der Waals surface area contributed by atoms with Crippen molar-refractivity contribution in [1.82, 2.24) is 33.8 Å². The molecule has 0 radical (unpaired) electrons. The Morgan fingerprint density at radius 3 is 3.00 bits per heavy atom. The molecule has 0 atom stereocenters. The van der Waals surface area contributed by atoms with Crippen LogP contribution in [0.4, 0.5) is 10.8 Å². The summed E-state index contributed by atoms with van der Waals surface area (Å²) in [6, 6.07) is 7.56. The summed E-state index contributed by atoms with van der Waals surface area (Å²) in [5, 5.41) is 11.0. The lowest BCUT2D eigenvalue weighted by atomic mass is 10.1. The highest BCUT2D eigenvalue weighted by atomic mass is 32.1. The third-order valence-corrected chi connectivity index (χ3v) is 6.50. The highest BCUT2D eigenvalue weighted by molar-refractivity contribution is 7.10. The molecule has 0 fully saturated rings. The van der Waals surface area contributed by atoms with Gasteiger partial charge in [-0.1, -0.05) is 6.07 Å². The van der Waals surface area contributed by atoms with Crippen molar-refractivity contribution in [2.24, 2.45) is 0 Å². The van der Waals surface area contributed by atoms with Gasteiger partial charge in [0.05, 0.1) is 43.1 Å². The predicted molar refractivity (Wildman–Crippen MR) is 127 cm³/mol. The van der Waals surface area contributed by atoms with Crippen LogP contribution in [0.25, 0.3) is 16.9 Å². The third-order valence-electron chi connectivity index (χ3n) is 5.76. The summed E-state index contributed by atoms with van der Waals surface area (Å²) in [7, 11) is 1.60. The second kappa shape index (κ2) is 7.96. The molecule has 6 rings (SSSR count). The van der Waals surface area contributed by atoms with Crippen LogP contribution in [-0.4, -0.2) is 46.9 Å². The minimum absolute atomic E-state index is 0.0115. The van der Waals surface area contributed by atoms with E-state index in [0.29, 0.717) is 35.9 Å². The van der Waals surface area contributed by atoms with Crippen LogP contribution >= 0.6 is 11.5 Å². The number of anilines is 2. The Morgan fingerprint density at radius 2 is 2.18 bits per heavy atom. The fourth-order valence-electron chi connectivity index (χ4n) is 4.15. The van der Waals surface area contributed by atoms with E-state index >= 15 is 0 Å². The van der Waals surface area contributed by atoms with Crippen LogP contribution in [0.5, 0.6) is 5.75 Å². The Hall–Kier alpha value is -4.25. The minimum Gasteiger partial charge on any atom is -0.497 e. The summed E-state index contributed by atoms with van der Waals surface area (Å²) >= 11 is 1.33. The molecule has 0 bridgehead atoms. The first kappa shape index (κ1) is 20.4. The first-order valence-corrected chi connectivity index (χ1v) is 11.4. The number of rotatable bonds is 6. The van der Waals surface area contributed by atoms with Crippen molar-refractivity contribution < 1.29 is 9.53 Å². The van der Waals surface area contributed by atoms with Crippen LogP contribution in [0.1, 0.15) is 27.3 Å². The number of imidazole rings is 1. The van der Waals surface area contributed by atoms with E-state index < -0.39 is 0 Å². The highest BCUT2D eigenvalue weighted by Crippen LogP contribution is 2.30. The Labute approximate surface area is 198 Å². The molecule has 1 aromatic carbocycles. The molecule has 2 N–H and O–H groups in total. The number of aromatic amines is 1. The SMILES string of the molecule is COc1ccc2c(c1)C(=O)N(Cc1cc(Nc3nc(C)cn4c(-c5cn[nH]c5)cnc34)sn1)C2. The molecule has 10 nitrogen and oxygen atoms in total. The number of nitrogens with zero attached hydrogens (tertiary/aromatic N) is 6. The number of nitrogens with one attached hydrogen (secondary N) is 2. The summed E-state index contributed by atoms with van der Waals surface area (Å²) in [5.41, 5.74) is 5.91. The molecular formula is C23H20N8O2S. The molecule has 4 aromatic heterocycles. The van der Waals surface area contributed by atoms with Crippen molar-refractivity contribution in [1.29, 1.82) is 0 Å². The number of ether oxygens (including phenoxy) is 1. The van der Waals surface area contributed by atoms with E-state index in [0.717, 1.165) is 33.2 Å². The summed E-state index contributed by atoms with van der Waals surface area (Å²) in [6.07, 6.45) is 7.33. The quantitative estimate of drug-likeness (QED) is 0.386. The second-order valence-corrected chi connectivity index (χ2v) is 8.85. The van der Waals surface area contributed by atoms with Gasteiger partial charge >= 0.3 is 0 Å². The third kappa shape index (κ3) is 3.46. The molecule has 34 heavy (non-hydrogen) atoms. The smallest absolute Gasteiger partial charge is 0.254 e. The monoisotopic (exact) mass is 472 g/mol. The van der Waals surface area contributed by atoms with Crippen molar-refractivity contribution >= 4 is 33.9 Å². The number of H-pyrrole nitrogens is 1. The zero-order chi connectivity index (χ0) is 23.2. The number of aromatic nitrogens is 6. The number of hydrogen-bond acceptors (Lipinski definition) is 8. The maximum Gasteiger partial charge on any atom is 0.254 e. The van der Waals surface area contributed by atoms with E-state index in [2.05, 4.69) is 29.9 Å². The molecule has 0 saturated heterocycles. The first-order valence-electron chi connectivity index (χ1n) is 10.6. The molecule has 1 amide bonds. The van der Waals surface area contributed by atoms with Crippen molar-refractivity contribution in [2.75, 3.05) is 12.4 Å². The number of benzene rings is 1. The highest BCUT2D eigenvalue weighted by Gasteiger charge is 2.28. The van der Waals surface area contributed by atoms with Gasteiger partial charge in [-0.25, -0.2) is 9.97 Å². The van der Waals surface area contributed by atoms with Crippen LogP contribution in [-0.2, 0) is 13.1 Å². The van der Waals surface area contributed by atoms with Gasteiger partial charge < -0.3 is 15.0 Å². The van der Waals surface area contributed by atoms with Gasteiger partial charge in [-0.05, 0) is 42.2 Å². The lowest BCUT2D eigenvalue weighted by Gasteiger charge is -2.13. The molecule has 0 unspecified atom stereocenters. The average molecular weight is 473 g/mol. The maximum atomic E-state index is 12.9. The van der Waals surface area contributed by atoms with Crippen molar-refractivity contribution in [2.45, 2.75) is 20.0 Å². The predicted octanol–water partition coefficient (Wildman–Crippen LogP) is 3.79. The number of amides is 1. The molecule has 5 heterocycles. The van der Waals surface area contributed by atoms with Gasteiger partial charge in [-0.15, -0.1) is 0 Å². The molecule has 170 valence electrons. The van der Waals surface area contributed by atoms with Crippen LogP contribution in [0, 0.1) is 6.92 Å². The van der Waals surface area contributed by atoms with Gasteiger partial charge in [0.15, 0.2) is 11.5 Å². The normalized spacial score (nSPS) is 13.0. The van der Waals surface area contributed by atoms with Gasteiger partial charge in [0.2, 0.25) is 0 Å². The van der Waals surface area contributed by atoms with Gasteiger partial charge in [0.1, 0.15) is 10.8 Å². The first-order chi connectivity index (χ1) is 16.6. The molecule has 1 aliphatic rings. The zero-order valence-corrected chi connectivity index (χ0v) is 19.3. The van der Waals surface area contributed by atoms with Crippen LogP contribution in [0.3, 0.4) is 0 Å². The van der Waals surface area contributed by atoms with E-state index in [1.165, 1.54) is 11.5 Å². The summed E-state index contributed by atoms with van der Waals surface area (Å²) in [5.74, 6) is 1.31. The average Bonchev–Trinajstić information content (AvgIpc) is 3.62. The molecule has 1 aliphatic heterocycles. The largest absolute Gasteiger partial charge is 0.497 e. The van der Waals surface area contributed by atoms with Gasteiger partial charge in [0.25, 0.3) is 5.91 Å². The lowest BCUT2D eigenvalue weighted by molar-refractivity contribution is 0.0765. The minimum atomic E-state index is -0.0115. The van der Waals surface area contributed by atoms with E-state index in [1.54, 1.807) is 30.5 Å². The molecular weight excluding hydrogens is 452 g/mol. The van der Waals surface area contributed by atoms with Gasteiger partial charge in [-0.3, -0.25) is 14.3 Å². The number of fused-ring (bicyclic) bond motifs is 2. The number of methoxy groups -OCH3 is 1. The van der Waals surface area contributed by atoms with E-state index in [1.807, 2.05) is 41.9 Å². The Kier molecular flexibility index (Phi) is 4.77. The van der Waals surface area contributed by atoms with E-state index in [4.69, 9.17) is 4.74 Å². The van der Waals surface area contributed by atoms with Gasteiger partial charge in [0, 0.05) is 30.1 Å². The summed E-state index contributed by atoms with van der Waals surface area (Å²) in [6.45, 7) is 2.93. The van der Waals surface area contributed by atoms with Crippen LogP contribution < -0.4 is 10.1 Å². The molecule has 0 aliphatic carbocycles. The number of carbonyl (C=O) groups is 1. The van der Waals surface area contributed by atoms with E-state index in [-0.39, 0.29) is 5.91 Å². The Balaban J connectivity index is 1.23. The zero-order valence-electron chi connectivity index (χ0n) is 18.4. The van der Waals surface area contributed by atoms with Crippen molar-refractivity contribution in [3.63, 3.8) is 0 Å². The standard InChI is InChI=1S/C23H20N8O2S/c1-13-10-31-19(15-7-25-26-8-15)9-24-22(31)21(27-13)28-20-5-16(29-34-20)12-30-11-14-3-4-17(33-2)6-18(14)23(30)32/h3-10H,11-12H2,1-2H3,(H,25,26)(H,27,28). The fraction of sp³-hybridized carbons (Fsp3) is 0.174. The fourth-order valence-corrected chi connectivity index (χ4v) is 4.81. The second-order valence-electron chi connectivity index (χ2n) is 8.05. The number of carbonyl (C=O) groups excluding carboxylic acids is 1. The maximum absolute atomic E-state index is 12.9. The Morgan fingerprint density at radius 1 is 1.26 bits per heavy atom. The summed E-state index contributed by atoms with van der Waals surface area (Å²) in [4.78, 5) is 23.9. The van der Waals surface area contributed by atoms with Crippen molar-refractivity contribution in [3.05, 3.63) is 71.6 Å². The molecule has 5 aromatic rings. The summed E-state index contributed by atoms with van der Waals surface area (Å²) < 4.78 is 11.8. The topological polar surface area (TPSA) is 113 Å². The lowest BCUT2D eigenvalue weighted by Crippen LogP contribution is -2.23. The van der Waals surface area contributed by atoms with E-state index in [9.17, 15) is 4.79 Å². The molecule has 0 saturated carbocycles. The van der Waals surface area contributed by atoms with Crippen molar-refractivity contribution in [3.8, 4) is 17.0 Å². The van der Waals surface area contributed by atoms with Gasteiger partial charge in [-0.2, -0.15) is 9.47 Å². The number of hydrogen-bond donors (Lipinski definition) is 2. The van der Waals surface area contributed by atoms with Crippen LogP contribution in [0.15, 0.2) is 49.1 Å². The van der Waals surface area contributed by atoms with Crippen LogP contribution in [0.2, 0.25) is 0 Å². The molecule has 0 spiro atoms. The number of aryl methyl sites for hydroxylation is 1. The Bertz CT molecular complexity index is 1520. The molecule has 11 heteroatoms.